The van der Waals surface area contributed by atoms with Crippen molar-refractivity contribution in [3.05, 3.63) is 47.5 Å². The number of ether oxygens (including phenoxy) is 1. The van der Waals surface area contributed by atoms with Crippen LogP contribution in [0.4, 0.5) is 0 Å². The van der Waals surface area contributed by atoms with E-state index in [1.54, 1.807) is 11.3 Å². The van der Waals surface area contributed by atoms with E-state index in [1.165, 1.54) is 11.3 Å². The van der Waals surface area contributed by atoms with Crippen LogP contribution in [0.1, 0.15) is 31.6 Å². The molecule has 0 spiro atoms. The van der Waals surface area contributed by atoms with Crippen LogP contribution in [-0.2, 0) is 6.42 Å². The molecule has 1 aromatic carbocycles. The molecular weight excluding hydrogens is 266 g/mol. The minimum atomic E-state index is 0.635. The third-order valence-electron chi connectivity index (χ3n) is 2.97. The first-order chi connectivity index (χ1) is 9.83. The van der Waals surface area contributed by atoms with Gasteiger partial charge >= 0.3 is 0 Å². The maximum atomic E-state index is 5.67. The Morgan fingerprint density at radius 3 is 2.60 bits per heavy atom. The summed E-state index contributed by atoms with van der Waals surface area (Å²) in [6.45, 7) is 4.96. The number of aryl methyl sites for hydroxylation is 1. The fourth-order valence-electron chi connectivity index (χ4n) is 1.80. The molecule has 0 radical (unpaired) electrons. The second-order valence-corrected chi connectivity index (χ2v) is 5.70. The van der Waals surface area contributed by atoms with Crippen molar-refractivity contribution in [3.8, 4) is 16.3 Å². The lowest BCUT2D eigenvalue weighted by atomic mass is 10.2. The Kier molecular flexibility index (Phi) is 5.81. The fourth-order valence-corrected chi connectivity index (χ4v) is 2.65. The number of benzene rings is 1. The molecule has 0 saturated heterocycles. The van der Waals surface area contributed by atoms with E-state index in [9.17, 15) is 0 Å². The number of aromatic nitrogens is 1. The molecule has 0 saturated carbocycles. The minimum Gasteiger partial charge on any atom is -0.490 e. The molecule has 0 N–H and O–H groups in total. The standard InChI is InChI=1S/C17H21NOS/c1-3-5-6-7-12-19-15-10-8-14(9-11-15)17-18-13-16(4-2)20-17/h6-11,13H,3-5,12H2,1-2H3. The van der Waals surface area contributed by atoms with Crippen molar-refractivity contribution in [3.63, 3.8) is 0 Å². The van der Waals surface area contributed by atoms with E-state index >= 15 is 0 Å². The van der Waals surface area contributed by atoms with Gasteiger partial charge in [-0.05, 0) is 37.1 Å². The van der Waals surface area contributed by atoms with Crippen molar-refractivity contribution in [1.82, 2.24) is 4.98 Å². The highest BCUT2D eigenvalue weighted by molar-refractivity contribution is 7.15. The normalized spacial score (nSPS) is 11.1. The van der Waals surface area contributed by atoms with E-state index in [4.69, 9.17) is 4.74 Å². The maximum Gasteiger partial charge on any atom is 0.123 e. The third kappa shape index (κ3) is 4.20. The lowest BCUT2D eigenvalue weighted by molar-refractivity contribution is 0.362. The maximum absolute atomic E-state index is 5.67. The minimum absolute atomic E-state index is 0.635. The Morgan fingerprint density at radius 2 is 1.95 bits per heavy atom. The van der Waals surface area contributed by atoms with Gasteiger partial charge in [0.05, 0.1) is 0 Å². The average Bonchev–Trinajstić information content (AvgIpc) is 2.97. The highest BCUT2D eigenvalue weighted by Crippen LogP contribution is 2.27. The molecule has 2 aromatic rings. The van der Waals surface area contributed by atoms with Crippen LogP contribution in [0.25, 0.3) is 10.6 Å². The summed E-state index contributed by atoms with van der Waals surface area (Å²) in [6, 6.07) is 8.17. The van der Waals surface area contributed by atoms with Gasteiger partial charge in [0, 0.05) is 16.6 Å². The number of hydrogen-bond donors (Lipinski definition) is 0. The number of unbranched alkanes of at least 4 members (excludes halogenated alkanes) is 1. The van der Waals surface area contributed by atoms with Gasteiger partial charge in [-0.3, -0.25) is 0 Å². The predicted molar refractivity (Wildman–Crippen MR) is 86.5 cm³/mol. The molecule has 0 bridgehead atoms. The fraction of sp³-hybridized carbons (Fsp3) is 0.353. The Morgan fingerprint density at radius 1 is 1.15 bits per heavy atom. The van der Waals surface area contributed by atoms with E-state index in [-0.39, 0.29) is 0 Å². The van der Waals surface area contributed by atoms with Gasteiger partial charge in [0.1, 0.15) is 17.4 Å². The quantitative estimate of drug-likeness (QED) is 0.660. The lowest BCUT2D eigenvalue weighted by Gasteiger charge is -2.03. The second-order valence-electron chi connectivity index (χ2n) is 4.58. The Balaban J connectivity index is 1.92. The van der Waals surface area contributed by atoms with Crippen molar-refractivity contribution in [2.24, 2.45) is 0 Å². The summed E-state index contributed by atoms with van der Waals surface area (Å²) in [5.74, 6) is 0.905. The van der Waals surface area contributed by atoms with Gasteiger partial charge in [0.15, 0.2) is 0 Å². The number of rotatable bonds is 7. The van der Waals surface area contributed by atoms with Crippen molar-refractivity contribution in [2.45, 2.75) is 33.1 Å². The lowest BCUT2D eigenvalue weighted by Crippen LogP contribution is -1.92. The molecule has 0 fully saturated rings. The van der Waals surface area contributed by atoms with E-state index in [0.29, 0.717) is 6.61 Å². The topological polar surface area (TPSA) is 22.1 Å². The number of hydrogen-bond acceptors (Lipinski definition) is 3. The van der Waals surface area contributed by atoms with Crippen LogP contribution in [0, 0.1) is 0 Å². The van der Waals surface area contributed by atoms with Crippen LogP contribution in [0.3, 0.4) is 0 Å². The molecule has 0 aliphatic rings. The van der Waals surface area contributed by atoms with Gasteiger partial charge in [-0.25, -0.2) is 4.98 Å². The average molecular weight is 287 g/mol. The van der Waals surface area contributed by atoms with Crippen LogP contribution in [0.2, 0.25) is 0 Å². The molecule has 0 amide bonds. The number of allylic oxidation sites excluding steroid dienone is 1. The van der Waals surface area contributed by atoms with Crippen molar-refractivity contribution in [2.75, 3.05) is 6.61 Å². The molecular formula is C17H21NOS. The van der Waals surface area contributed by atoms with Crippen molar-refractivity contribution in [1.29, 1.82) is 0 Å². The molecule has 20 heavy (non-hydrogen) atoms. The summed E-state index contributed by atoms with van der Waals surface area (Å²) in [5.41, 5.74) is 1.16. The molecule has 2 nitrogen and oxygen atoms in total. The zero-order valence-corrected chi connectivity index (χ0v) is 13.0. The van der Waals surface area contributed by atoms with E-state index in [2.05, 4.69) is 43.1 Å². The van der Waals surface area contributed by atoms with Crippen molar-refractivity contribution >= 4 is 11.3 Å². The molecule has 0 atom stereocenters. The first-order valence-electron chi connectivity index (χ1n) is 7.16. The molecule has 1 aromatic heterocycles. The third-order valence-corrected chi connectivity index (χ3v) is 4.16. The largest absolute Gasteiger partial charge is 0.490 e. The van der Waals surface area contributed by atoms with Gasteiger partial charge in [-0.1, -0.05) is 32.4 Å². The van der Waals surface area contributed by atoms with Crippen LogP contribution in [0.15, 0.2) is 42.6 Å². The van der Waals surface area contributed by atoms with Gasteiger partial charge in [0.2, 0.25) is 0 Å². The smallest absolute Gasteiger partial charge is 0.123 e. The number of nitrogens with zero attached hydrogens (tertiary/aromatic N) is 1. The zero-order valence-electron chi connectivity index (χ0n) is 12.1. The second kappa shape index (κ2) is 7.85. The first kappa shape index (κ1) is 14.8. The first-order valence-corrected chi connectivity index (χ1v) is 7.98. The summed E-state index contributed by atoms with van der Waals surface area (Å²) >= 11 is 1.76. The summed E-state index contributed by atoms with van der Waals surface area (Å²) in [7, 11) is 0. The molecule has 0 aliphatic carbocycles. The molecule has 0 aliphatic heterocycles. The summed E-state index contributed by atoms with van der Waals surface area (Å²) in [6.07, 6.45) is 9.54. The predicted octanol–water partition coefficient (Wildman–Crippen LogP) is 5.11. The molecule has 3 heteroatoms. The summed E-state index contributed by atoms with van der Waals surface area (Å²) in [4.78, 5) is 5.77. The van der Waals surface area contributed by atoms with E-state index in [1.807, 2.05) is 18.3 Å². The summed E-state index contributed by atoms with van der Waals surface area (Å²) < 4.78 is 5.67. The summed E-state index contributed by atoms with van der Waals surface area (Å²) in [5, 5.41) is 1.08. The van der Waals surface area contributed by atoms with Gasteiger partial charge in [0.25, 0.3) is 0 Å². The molecule has 2 rings (SSSR count). The molecule has 0 unspecified atom stereocenters. The Bertz CT molecular complexity index is 542. The Labute approximate surface area is 125 Å². The van der Waals surface area contributed by atoms with Crippen LogP contribution in [0.5, 0.6) is 5.75 Å². The highest BCUT2D eigenvalue weighted by Gasteiger charge is 2.03. The van der Waals surface area contributed by atoms with Gasteiger partial charge < -0.3 is 4.74 Å². The monoisotopic (exact) mass is 287 g/mol. The Hall–Kier alpha value is -1.61. The van der Waals surface area contributed by atoms with Crippen LogP contribution in [-0.4, -0.2) is 11.6 Å². The highest BCUT2D eigenvalue weighted by atomic mass is 32.1. The van der Waals surface area contributed by atoms with Gasteiger partial charge in [-0.2, -0.15) is 0 Å². The van der Waals surface area contributed by atoms with Gasteiger partial charge in [-0.15, -0.1) is 11.3 Å². The SMILES string of the molecule is CCCC=CCOc1ccc(-c2ncc(CC)s2)cc1. The van der Waals surface area contributed by atoms with Crippen LogP contribution < -0.4 is 4.74 Å². The number of thiazole rings is 1. The molecule has 106 valence electrons. The van der Waals surface area contributed by atoms with E-state index < -0.39 is 0 Å². The van der Waals surface area contributed by atoms with Crippen molar-refractivity contribution < 1.29 is 4.74 Å². The van der Waals surface area contributed by atoms with Crippen LogP contribution >= 0.6 is 11.3 Å². The van der Waals surface area contributed by atoms with E-state index in [0.717, 1.165) is 29.2 Å². The zero-order chi connectivity index (χ0) is 14.2. The molecule has 1 heterocycles.